The number of hydrogen-bond acceptors (Lipinski definition) is 10. The highest BCUT2D eigenvalue weighted by Gasteiger charge is 2.23. The number of piperazine rings is 1. The second-order valence-corrected chi connectivity index (χ2v) is 11.3. The van der Waals surface area contributed by atoms with Gasteiger partial charge in [0.05, 0.1) is 27.0 Å². The molecule has 4 aromatic rings. The average molecular weight is 558 g/mol. The average Bonchev–Trinajstić information content (AvgIpc) is 3.36. The Morgan fingerprint density at radius 1 is 1.21 bits per heavy atom. The van der Waals surface area contributed by atoms with Crippen LogP contribution in [0.3, 0.4) is 0 Å². The van der Waals surface area contributed by atoms with Crippen molar-refractivity contribution in [2.75, 3.05) is 50.9 Å². The van der Waals surface area contributed by atoms with E-state index >= 15 is 0 Å². The summed E-state index contributed by atoms with van der Waals surface area (Å²) in [5.41, 5.74) is 5.01. The molecule has 200 valence electrons. The fourth-order valence-electron chi connectivity index (χ4n) is 4.55. The van der Waals surface area contributed by atoms with Gasteiger partial charge in [-0.05, 0) is 43.4 Å². The molecule has 0 atom stereocenters. The molecule has 5 rings (SSSR count). The number of rotatable bonds is 10. The van der Waals surface area contributed by atoms with Crippen LogP contribution < -0.4 is 15.4 Å². The monoisotopic (exact) mass is 557 g/mol. The molecule has 8 nitrogen and oxygen atoms in total. The van der Waals surface area contributed by atoms with Crippen LogP contribution in [0.5, 0.6) is 5.75 Å². The molecule has 0 radical (unpaired) electrons. The Labute approximate surface area is 237 Å². The van der Waals surface area contributed by atoms with E-state index in [1.165, 1.54) is 0 Å². The van der Waals surface area contributed by atoms with Gasteiger partial charge >= 0.3 is 0 Å². The molecule has 2 N–H and O–H groups in total. The summed E-state index contributed by atoms with van der Waals surface area (Å²) in [6.45, 7) is 8.04. The fourth-order valence-corrected chi connectivity index (χ4v) is 6.54. The molecular formula is C29H31N7OS2. The van der Waals surface area contributed by atoms with Crippen molar-refractivity contribution in [3.8, 4) is 33.5 Å². The van der Waals surface area contributed by atoms with Crippen molar-refractivity contribution in [3.05, 3.63) is 66.1 Å². The first-order valence-electron chi connectivity index (χ1n) is 12.9. The first kappa shape index (κ1) is 27.1. The Kier molecular flexibility index (Phi) is 9.06. The molecule has 4 heterocycles. The van der Waals surface area contributed by atoms with E-state index in [4.69, 9.17) is 9.72 Å². The quantitative estimate of drug-likeness (QED) is 0.191. The lowest BCUT2D eigenvalue weighted by atomic mass is 10.0. The van der Waals surface area contributed by atoms with Crippen molar-refractivity contribution in [1.82, 2.24) is 25.2 Å². The molecule has 39 heavy (non-hydrogen) atoms. The highest BCUT2D eigenvalue weighted by molar-refractivity contribution is 8.00. The van der Waals surface area contributed by atoms with E-state index < -0.39 is 0 Å². The predicted octanol–water partition coefficient (Wildman–Crippen LogP) is 5.59. The molecule has 0 bridgehead atoms. The van der Waals surface area contributed by atoms with Crippen molar-refractivity contribution >= 4 is 34.7 Å². The molecule has 1 aliphatic heterocycles. The molecule has 1 aliphatic rings. The third kappa shape index (κ3) is 6.57. The van der Waals surface area contributed by atoms with Crippen LogP contribution in [0.25, 0.3) is 21.7 Å². The van der Waals surface area contributed by atoms with Crippen LogP contribution in [-0.2, 0) is 0 Å². The van der Waals surface area contributed by atoms with E-state index in [9.17, 15) is 5.26 Å². The maximum atomic E-state index is 10.0. The molecule has 0 amide bonds. The van der Waals surface area contributed by atoms with Crippen molar-refractivity contribution in [3.63, 3.8) is 0 Å². The SMILES string of the molecule is CSc1sc(-c2nc(Nc3cccc(OCCCN4CCNCC4)c3)ncc2C)c(-c2cccnc2)c1C#N. The largest absolute Gasteiger partial charge is 0.493 e. The number of aryl methyl sites for hydroxylation is 1. The Morgan fingerprint density at radius 2 is 2.08 bits per heavy atom. The Balaban J connectivity index is 1.34. The number of anilines is 2. The third-order valence-corrected chi connectivity index (χ3v) is 8.81. The number of nitrogens with zero attached hydrogens (tertiary/aromatic N) is 5. The van der Waals surface area contributed by atoms with E-state index in [1.54, 1.807) is 35.5 Å². The van der Waals surface area contributed by atoms with Crippen molar-refractivity contribution in [2.24, 2.45) is 0 Å². The summed E-state index contributed by atoms with van der Waals surface area (Å²) in [7, 11) is 0. The molecule has 1 saturated heterocycles. The Hall–Kier alpha value is -3.49. The molecule has 1 fully saturated rings. The number of nitrogens with one attached hydrogen (secondary N) is 2. The van der Waals surface area contributed by atoms with Crippen LogP contribution in [0.4, 0.5) is 11.6 Å². The number of nitriles is 1. The lowest BCUT2D eigenvalue weighted by Gasteiger charge is -2.26. The molecule has 0 aliphatic carbocycles. The summed E-state index contributed by atoms with van der Waals surface area (Å²) >= 11 is 3.15. The van der Waals surface area contributed by atoms with Gasteiger partial charge < -0.3 is 20.3 Å². The highest BCUT2D eigenvalue weighted by atomic mass is 32.2. The molecule has 0 saturated carbocycles. The Morgan fingerprint density at radius 3 is 2.85 bits per heavy atom. The second-order valence-electron chi connectivity index (χ2n) is 9.20. The van der Waals surface area contributed by atoms with Crippen LogP contribution in [-0.4, -0.2) is 65.4 Å². The van der Waals surface area contributed by atoms with Gasteiger partial charge in [-0.25, -0.2) is 9.97 Å². The van der Waals surface area contributed by atoms with Gasteiger partial charge in [0.2, 0.25) is 5.95 Å². The summed E-state index contributed by atoms with van der Waals surface area (Å²) in [6, 6.07) is 14.2. The Bertz CT molecular complexity index is 1450. The molecule has 1 aromatic carbocycles. The zero-order valence-corrected chi connectivity index (χ0v) is 23.7. The summed E-state index contributed by atoms with van der Waals surface area (Å²) in [4.78, 5) is 17.1. The minimum atomic E-state index is 0.487. The first-order chi connectivity index (χ1) is 19.2. The van der Waals surface area contributed by atoms with Crippen LogP contribution in [0.2, 0.25) is 0 Å². The van der Waals surface area contributed by atoms with E-state index in [2.05, 4.69) is 31.6 Å². The summed E-state index contributed by atoms with van der Waals surface area (Å²) in [6.07, 6.45) is 8.33. The fraction of sp³-hybridized carbons (Fsp3) is 0.310. The summed E-state index contributed by atoms with van der Waals surface area (Å²) < 4.78 is 6.99. The maximum Gasteiger partial charge on any atom is 0.227 e. The number of aromatic nitrogens is 3. The molecule has 0 spiro atoms. The number of benzene rings is 1. The van der Waals surface area contributed by atoms with Crippen molar-refractivity contribution in [1.29, 1.82) is 5.26 Å². The van der Waals surface area contributed by atoms with Gasteiger partial charge in [0.1, 0.15) is 11.8 Å². The molecule has 10 heteroatoms. The summed E-state index contributed by atoms with van der Waals surface area (Å²) in [5, 5.41) is 16.7. The van der Waals surface area contributed by atoms with Gasteiger partial charge in [0.25, 0.3) is 0 Å². The number of hydrogen-bond donors (Lipinski definition) is 2. The van der Waals surface area contributed by atoms with E-state index in [1.807, 2.05) is 55.8 Å². The minimum Gasteiger partial charge on any atom is -0.493 e. The zero-order chi connectivity index (χ0) is 27.0. The van der Waals surface area contributed by atoms with Crippen LogP contribution in [0, 0.1) is 18.3 Å². The first-order valence-corrected chi connectivity index (χ1v) is 15.0. The number of thioether (sulfide) groups is 1. The van der Waals surface area contributed by atoms with Gasteiger partial charge in [0.15, 0.2) is 0 Å². The van der Waals surface area contributed by atoms with E-state index in [-0.39, 0.29) is 0 Å². The van der Waals surface area contributed by atoms with Gasteiger partial charge in [-0.3, -0.25) is 4.98 Å². The van der Waals surface area contributed by atoms with Gasteiger partial charge in [-0.1, -0.05) is 12.1 Å². The third-order valence-electron chi connectivity index (χ3n) is 6.50. The minimum absolute atomic E-state index is 0.487. The zero-order valence-electron chi connectivity index (χ0n) is 22.1. The molecule has 3 aromatic heterocycles. The highest BCUT2D eigenvalue weighted by Crippen LogP contribution is 2.46. The normalized spacial score (nSPS) is 13.7. The molecule has 0 unspecified atom stereocenters. The standard InChI is InChI=1S/C29H31N7OS2/c1-20-18-33-29(34-22-7-3-8-23(16-22)37-15-5-12-36-13-10-31-11-14-36)35-26(20)27-25(21-6-4-9-32-19-21)24(17-30)28(38-2)39-27/h3-4,6-9,16,18-19,31H,5,10-15H2,1-2H3,(H,33,34,35). The van der Waals surface area contributed by atoms with E-state index in [0.717, 1.165) is 82.1 Å². The topological polar surface area (TPSA) is 99.0 Å². The van der Waals surface area contributed by atoms with Crippen LogP contribution >= 0.6 is 23.1 Å². The van der Waals surface area contributed by atoms with Crippen LogP contribution in [0.15, 0.2) is 59.2 Å². The van der Waals surface area contributed by atoms with E-state index in [0.29, 0.717) is 18.1 Å². The maximum absolute atomic E-state index is 10.0. The lowest BCUT2D eigenvalue weighted by Crippen LogP contribution is -2.43. The van der Waals surface area contributed by atoms with Gasteiger partial charge in [-0.2, -0.15) is 5.26 Å². The second kappa shape index (κ2) is 13.0. The van der Waals surface area contributed by atoms with Crippen molar-refractivity contribution < 1.29 is 4.74 Å². The number of ether oxygens (including phenoxy) is 1. The number of pyridine rings is 1. The lowest BCUT2D eigenvalue weighted by molar-refractivity contribution is 0.214. The van der Waals surface area contributed by atoms with Crippen LogP contribution in [0.1, 0.15) is 17.5 Å². The predicted molar refractivity (Wildman–Crippen MR) is 159 cm³/mol. The smallest absolute Gasteiger partial charge is 0.227 e. The van der Waals surface area contributed by atoms with Crippen molar-refractivity contribution in [2.45, 2.75) is 17.6 Å². The number of thiophene rings is 1. The summed E-state index contributed by atoms with van der Waals surface area (Å²) in [5.74, 6) is 1.30. The van der Waals surface area contributed by atoms with Gasteiger partial charge in [0, 0.05) is 74.2 Å². The molecular weight excluding hydrogens is 527 g/mol. The van der Waals surface area contributed by atoms with Gasteiger partial charge in [-0.15, -0.1) is 23.1 Å².